The zero-order valence-electron chi connectivity index (χ0n) is 15.0. The van der Waals surface area contributed by atoms with Crippen molar-refractivity contribution in [3.8, 4) is 17.0 Å². The number of aromatic nitrogens is 2. The van der Waals surface area contributed by atoms with Gasteiger partial charge in [-0.3, -0.25) is 0 Å². The van der Waals surface area contributed by atoms with Gasteiger partial charge >= 0.3 is 6.36 Å². The largest absolute Gasteiger partial charge is 0.573 e. The molecule has 9 heteroatoms. The zero-order chi connectivity index (χ0) is 20.4. The Balaban J connectivity index is 1.69. The van der Waals surface area contributed by atoms with E-state index in [9.17, 15) is 13.2 Å². The predicted octanol–water partition coefficient (Wildman–Crippen LogP) is 6.12. The highest BCUT2D eigenvalue weighted by Gasteiger charge is 2.31. The topological polar surface area (TPSA) is 59.1 Å². The van der Waals surface area contributed by atoms with Gasteiger partial charge in [-0.05, 0) is 53.0 Å². The fourth-order valence-corrected chi connectivity index (χ4v) is 3.07. The van der Waals surface area contributed by atoms with Gasteiger partial charge in [0.25, 0.3) is 0 Å². The molecule has 150 valence electrons. The number of nitrogens with zero attached hydrogens (tertiary/aromatic N) is 2. The van der Waals surface area contributed by atoms with Crippen molar-refractivity contribution in [2.45, 2.75) is 25.2 Å². The molecule has 29 heavy (non-hydrogen) atoms. The van der Waals surface area contributed by atoms with Crippen LogP contribution in [-0.2, 0) is 0 Å². The highest BCUT2D eigenvalue weighted by molar-refractivity contribution is 9.10. The molecule has 0 bridgehead atoms. The lowest BCUT2D eigenvalue weighted by molar-refractivity contribution is -0.274. The standard InChI is InChI=1S/C20H16BrF3N4O/c21-15-6-1-2-7-16(15)26-18-11-17(27-19(28-18)25-13-8-9-13)12-4-3-5-14(10-12)29-20(22,23)24/h1-7,10-11,13H,8-9H2,(H2,25,26,27,28). The molecule has 3 aromatic rings. The van der Waals surface area contributed by atoms with Crippen LogP contribution in [0.5, 0.6) is 5.75 Å². The third kappa shape index (κ3) is 5.38. The summed E-state index contributed by atoms with van der Waals surface area (Å²) in [5.41, 5.74) is 1.78. The number of hydrogen-bond acceptors (Lipinski definition) is 5. The molecular weight excluding hydrogens is 449 g/mol. The van der Waals surface area contributed by atoms with Gasteiger partial charge in [-0.15, -0.1) is 13.2 Å². The van der Waals surface area contributed by atoms with Crippen LogP contribution in [-0.4, -0.2) is 22.4 Å². The molecular formula is C20H16BrF3N4O. The van der Waals surface area contributed by atoms with Crippen LogP contribution in [0.4, 0.5) is 30.6 Å². The fourth-order valence-electron chi connectivity index (χ4n) is 2.69. The van der Waals surface area contributed by atoms with Gasteiger partial charge in [-0.1, -0.05) is 24.3 Å². The van der Waals surface area contributed by atoms with Gasteiger partial charge in [0, 0.05) is 22.1 Å². The Bertz CT molecular complexity index is 1020. The van der Waals surface area contributed by atoms with E-state index in [0.29, 0.717) is 29.1 Å². The van der Waals surface area contributed by atoms with Crippen LogP contribution in [0.15, 0.2) is 59.1 Å². The minimum absolute atomic E-state index is 0.300. The molecule has 0 saturated heterocycles. The summed E-state index contributed by atoms with van der Waals surface area (Å²) >= 11 is 3.48. The molecule has 0 aliphatic heterocycles. The molecule has 1 heterocycles. The third-order valence-electron chi connectivity index (χ3n) is 4.14. The zero-order valence-corrected chi connectivity index (χ0v) is 16.6. The van der Waals surface area contributed by atoms with Crippen molar-refractivity contribution in [2.75, 3.05) is 10.6 Å². The monoisotopic (exact) mass is 464 g/mol. The number of anilines is 3. The Labute approximate surface area is 173 Å². The molecule has 0 amide bonds. The van der Waals surface area contributed by atoms with Crippen LogP contribution in [0, 0.1) is 0 Å². The number of ether oxygens (including phenoxy) is 1. The number of para-hydroxylation sites is 1. The van der Waals surface area contributed by atoms with E-state index in [0.717, 1.165) is 23.0 Å². The van der Waals surface area contributed by atoms with Gasteiger partial charge in [0.1, 0.15) is 11.6 Å². The highest BCUT2D eigenvalue weighted by atomic mass is 79.9. The van der Waals surface area contributed by atoms with Gasteiger partial charge in [0.2, 0.25) is 5.95 Å². The minimum atomic E-state index is -4.75. The summed E-state index contributed by atoms with van der Waals surface area (Å²) in [6, 6.07) is 15.3. The molecule has 0 unspecified atom stereocenters. The van der Waals surface area contributed by atoms with Gasteiger partial charge < -0.3 is 15.4 Å². The second-order valence-electron chi connectivity index (χ2n) is 6.56. The lowest BCUT2D eigenvalue weighted by Crippen LogP contribution is -2.17. The third-order valence-corrected chi connectivity index (χ3v) is 4.83. The molecule has 1 fully saturated rings. The summed E-state index contributed by atoms with van der Waals surface area (Å²) in [7, 11) is 0. The maximum Gasteiger partial charge on any atom is 0.573 e. The Hall–Kier alpha value is -2.81. The van der Waals surface area contributed by atoms with Crippen molar-refractivity contribution in [2.24, 2.45) is 0 Å². The summed E-state index contributed by atoms with van der Waals surface area (Å²) in [6.07, 6.45) is -2.68. The van der Waals surface area contributed by atoms with E-state index in [-0.39, 0.29) is 5.75 Å². The lowest BCUT2D eigenvalue weighted by atomic mass is 10.1. The van der Waals surface area contributed by atoms with Crippen LogP contribution in [0.1, 0.15) is 12.8 Å². The Kier molecular flexibility index (Phi) is 5.31. The molecule has 2 N–H and O–H groups in total. The Morgan fingerprint density at radius 2 is 1.79 bits per heavy atom. The Morgan fingerprint density at radius 1 is 1.00 bits per heavy atom. The number of nitrogens with one attached hydrogen (secondary N) is 2. The first kappa shape index (κ1) is 19.5. The summed E-state index contributed by atoms with van der Waals surface area (Å²) < 4.78 is 42.6. The van der Waals surface area contributed by atoms with Crippen LogP contribution >= 0.6 is 15.9 Å². The molecule has 2 aromatic carbocycles. The summed E-state index contributed by atoms with van der Waals surface area (Å²) in [5, 5.41) is 6.45. The average Bonchev–Trinajstić information content (AvgIpc) is 3.46. The van der Waals surface area contributed by atoms with E-state index in [1.165, 1.54) is 18.2 Å². The van der Waals surface area contributed by atoms with Gasteiger partial charge in [0.05, 0.1) is 11.4 Å². The first-order valence-corrected chi connectivity index (χ1v) is 9.68. The highest BCUT2D eigenvalue weighted by Crippen LogP contribution is 2.31. The van der Waals surface area contributed by atoms with Gasteiger partial charge in [0.15, 0.2) is 0 Å². The van der Waals surface area contributed by atoms with Gasteiger partial charge in [-0.25, -0.2) is 4.98 Å². The van der Waals surface area contributed by atoms with Crippen LogP contribution in [0.2, 0.25) is 0 Å². The number of rotatable bonds is 6. The second-order valence-corrected chi connectivity index (χ2v) is 7.42. The molecule has 0 radical (unpaired) electrons. The van der Waals surface area contributed by atoms with E-state index in [2.05, 4.69) is 41.3 Å². The van der Waals surface area contributed by atoms with Crippen molar-refractivity contribution in [1.82, 2.24) is 9.97 Å². The molecule has 1 saturated carbocycles. The van der Waals surface area contributed by atoms with Crippen molar-refractivity contribution >= 4 is 33.4 Å². The number of hydrogen-bond donors (Lipinski definition) is 2. The number of benzene rings is 2. The maximum absolute atomic E-state index is 12.6. The number of alkyl halides is 3. The first-order chi connectivity index (χ1) is 13.9. The van der Waals surface area contributed by atoms with Crippen LogP contribution < -0.4 is 15.4 Å². The first-order valence-electron chi connectivity index (χ1n) is 8.89. The maximum atomic E-state index is 12.6. The van der Waals surface area contributed by atoms with Crippen LogP contribution in [0.25, 0.3) is 11.3 Å². The quantitative estimate of drug-likeness (QED) is 0.459. The van der Waals surface area contributed by atoms with E-state index in [1.54, 1.807) is 12.1 Å². The minimum Gasteiger partial charge on any atom is -0.406 e. The second kappa shape index (κ2) is 7.90. The van der Waals surface area contributed by atoms with E-state index in [1.807, 2.05) is 24.3 Å². The molecule has 1 aliphatic carbocycles. The van der Waals surface area contributed by atoms with Crippen molar-refractivity contribution in [1.29, 1.82) is 0 Å². The molecule has 1 aliphatic rings. The van der Waals surface area contributed by atoms with Crippen molar-refractivity contribution < 1.29 is 17.9 Å². The summed E-state index contributed by atoms with van der Waals surface area (Å²) in [4.78, 5) is 8.97. The molecule has 0 atom stereocenters. The summed E-state index contributed by atoms with van der Waals surface area (Å²) in [5.74, 6) is 0.638. The van der Waals surface area contributed by atoms with E-state index >= 15 is 0 Å². The molecule has 4 rings (SSSR count). The van der Waals surface area contributed by atoms with E-state index < -0.39 is 6.36 Å². The predicted molar refractivity (Wildman–Crippen MR) is 108 cm³/mol. The average molecular weight is 465 g/mol. The fraction of sp³-hybridized carbons (Fsp3) is 0.200. The molecule has 0 spiro atoms. The Morgan fingerprint density at radius 3 is 2.52 bits per heavy atom. The van der Waals surface area contributed by atoms with Crippen molar-refractivity contribution in [3.05, 3.63) is 59.1 Å². The smallest absolute Gasteiger partial charge is 0.406 e. The summed E-state index contributed by atoms with van der Waals surface area (Å²) in [6.45, 7) is 0. The van der Waals surface area contributed by atoms with Gasteiger partial charge in [-0.2, -0.15) is 4.98 Å². The van der Waals surface area contributed by atoms with Crippen molar-refractivity contribution in [3.63, 3.8) is 0 Å². The molecule has 1 aromatic heterocycles. The normalized spacial score (nSPS) is 13.8. The van der Waals surface area contributed by atoms with E-state index in [4.69, 9.17) is 0 Å². The van der Waals surface area contributed by atoms with Crippen LogP contribution in [0.3, 0.4) is 0 Å². The SMILES string of the molecule is FC(F)(F)Oc1cccc(-c2cc(Nc3ccccc3Br)nc(NC3CC3)n2)c1. The molecule has 5 nitrogen and oxygen atoms in total. The number of halogens is 4. The lowest BCUT2D eigenvalue weighted by Gasteiger charge is -2.13.